The number of ether oxygens (including phenoxy) is 2. The summed E-state index contributed by atoms with van der Waals surface area (Å²) < 4.78 is 12.2. The highest BCUT2D eigenvalue weighted by atomic mass is 16.6. The third-order valence-electron chi connectivity index (χ3n) is 6.87. The van der Waals surface area contributed by atoms with Crippen LogP contribution in [0.1, 0.15) is 46.3 Å². The third kappa shape index (κ3) is 4.16. The molecule has 2 bridgehead atoms. The minimum absolute atomic E-state index is 0.0302. The van der Waals surface area contributed by atoms with Crippen molar-refractivity contribution < 1.29 is 14.3 Å². The summed E-state index contributed by atoms with van der Waals surface area (Å²) in [6.07, 6.45) is 2.04. The van der Waals surface area contributed by atoms with Crippen molar-refractivity contribution in [2.45, 2.75) is 46.8 Å². The number of hydrogen-bond donors (Lipinski definition) is 1. The molecule has 5 atom stereocenters. The maximum Gasteiger partial charge on any atom is 0.407 e. The molecule has 2 aliphatic rings. The highest BCUT2D eigenvalue weighted by Crippen LogP contribution is 2.56. The van der Waals surface area contributed by atoms with Gasteiger partial charge >= 0.3 is 6.09 Å². The Labute approximate surface area is 175 Å². The van der Waals surface area contributed by atoms with Gasteiger partial charge in [-0.1, -0.05) is 37.6 Å². The fourth-order valence-corrected chi connectivity index (χ4v) is 5.00. The number of hydrogen-bond acceptors (Lipinski definition) is 4. The van der Waals surface area contributed by atoms with E-state index in [0.29, 0.717) is 19.1 Å². The largest absolute Gasteiger partial charge is 0.449 e. The van der Waals surface area contributed by atoms with Gasteiger partial charge in [-0.25, -0.2) is 4.79 Å². The van der Waals surface area contributed by atoms with Gasteiger partial charge in [0.05, 0.1) is 12.7 Å². The van der Waals surface area contributed by atoms with E-state index in [4.69, 9.17) is 9.47 Å². The SMILES string of the molecule is CC1=C[C@H](C)[C@]2(COC(=O)NC(C)C)CO[C@@H](c3ccc(N(C)C)cc3)[C@H]1[C@H]2C. The highest BCUT2D eigenvalue weighted by molar-refractivity contribution is 5.67. The zero-order valence-electron chi connectivity index (χ0n) is 18.9. The van der Waals surface area contributed by atoms with E-state index < -0.39 is 0 Å². The predicted octanol–water partition coefficient (Wildman–Crippen LogP) is 4.79. The van der Waals surface area contributed by atoms with E-state index in [9.17, 15) is 4.79 Å². The quantitative estimate of drug-likeness (QED) is 0.722. The zero-order chi connectivity index (χ0) is 21.3. The van der Waals surface area contributed by atoms with Crippen LogP contribution < -0.4 is 10.2 Å². The summed E-state index contributed by atoms with van der Waals surface area (Å²) in [5.74, 6) is 0.918. The summed E-state index contributed by atoms with van der Waals surface area (Å²) >= 11 is 0. The van der Waals surface area contributed by atoms with Gasteiger partial charge in [-0.05, 0) is 50.3 Å². The molecule has 3 rings (SSSR count). The van der Waals surface area contributed by atoms with E-state index in [-0.39, 0.29) is 35.5 Å². The van der Waals surface area contributed by atoms with Gasteiger partial charge in [0.2, 0.25) is 0 Å². The molecule has 1 amide bonds. The van der Waals surface area contributed by atoms with Crippen LogP contribution in [-0.4, -0.2) is 39.4 Å². The molecule has 5 nitrogen and oxygen atoms in total. The average Bonchev–Trinajstić information content (AvgIpc) is 2.65. The Morgan fingerprint density at radius 1 is 1.28 bits per heavy atom. The first-order valence-electron chi connectivity index (χ1n) is 10.7. The van der Waals surface area contributed by atoms with Crippen molar-refractivity contribution >= 4 is 11.8 Å². The van der Waals surface area contributed by atoms with E-state index in [1.54, 1.807) is 0 Å². The van der Waals surface area contributed by atoms with Crippen molar-refractivity contribution in [2.75, 3.05) is 32.2 Å². The van der Waals surface area contributed by atoms with Gasteiger partial charge in [0, 0.05) is 37.2 Å². The highest BCUT2D eigenvalue weighted by Gasteiger charge is 2.54. The first-order valence-corrected chi connectivity index (χ1v) is 10.7. The van der Waals surface area contributed by atoms with E-state index in [0.717, 1.165) is 0 Å². The van der Waals surface area contributed by atoms with Crippen molar-refractivity contribution in [2.24, 2.45) is 23.2 Å². The minimum Gasteiger partial charge on any atom is -0.449 e. The molecule has 0 saturated carbocycles. The van der Waals surface area contributed by atoms with Gasteiger partial charge in [0.25, 0.3) is 0 Å². The molecule has 1 aromatic rings. The molecule has 160 valence electrons. The van der Waals surface area contributed by atoms with Crippen LogP contribution in [0.15, 0.2) is 35.9 Å². The summed E-state index contributed by atoms with van der Waals surface area (Å²) in [6, 6.07) is 8.72. The monoisotopic (exact) mass is 400 g/mol. The topological polar surface area (TPSA) is 50.8 Å². The summed E-state index contributed by atoms with van der Waals surface area (Å²) in [6.45, 7) is 11.6. The molecule has 0 unspecified atom stereocenters. The second-order valence-electron chi connectivity index (χ2n) is 9.34. The first kappa shape index (κ1) is 21.7. The number of carbonyl (C=O) groups is 1. The van der Waals surface area contributed by atoms with Gasteiger partial charge in [-0.3, -0.25) is 0 Å². The van der Waals surface area contributed by atoms with Gasteiger partial charge in [0.15, 0.2) is 0 Å². The van der Waals surface area contributed by atoms with Gasteiger partial charge in [-0.2, -0.15) is 0 Å². The molecule has 1 aliphatic carbocycles. The van der Waals surface area contributed by atoms with Gasteiger partial charge in [-0.15, -0.1) is 0 Å². The lowest BCUT2D eigenvalue weighted by Gasteiger charge is -2.55. The molecule has 1 aromatic carbocycles. The molecule has 1 saturated heterocycles. The van der Waals surface area contributed by atoms with Crippen molar-refractivity contribution in [3.05, 3.63) is 41.5 Å². The van der Waals surface area contributed by atoms with Crippen LogP contribution in [0.3, 0.4) is 0 Å². The van der Waals surface area contributed by atoms with Crippen LogP contribution in [0.2, 0.25) is 0 Å². The minimum atomic E-state index is -0.349. The van der Waals surface area contributed by atoms with Crippen molar-refractivity contribution in [3.63, 3.8) is 0 Å². The summed E-state index contributed by atoms with van der Waals surface area (Å²) in [4.78, 5) is 14.2. The van der Waals surface area contributed by atoms with Crippen LogP contribution in [0.4, 0.5) is 10.5 Å². The van der Waals surface area contributed by atoms with Crippen LogP contribution >= 0.6 is 0 Å². The summed E-state index contributed by atoms with van der Waals surface area (Å²) in [5.41, 5.74) is 3.56. The lowest BCUT2D eigenvalue weighted by Crippen LogP contribution is -2.55. The van der Waals surface area contributed by atoms with Crippen molar-refractivity contribution in [1.29, 1.82) is 0 Å². The lowest BCUT2D eigenvalue weighted by atomic mass is 9.56. The van der Waals surface area contributed by atoms with Crippen molar-refractivity contribution in [3.8, 4) is 0 Å². The Kier molecular flexibility index (Phi) is 6.27. The van der Waals surface area contributed by atoms with E-state index in [2.05, 4.69) is 61.3 Å². The number of amides is 1. The number of alkyl carbamates (subject to hydrolysis) is 1. The normalized spacial score (nSPS) is 31.2. The Bertz CT molecular complexity index is 756. The number of allylic oxidation sites excluding steroid dienone is 1. The molecule has 1 N–H and O–H groups in total. The molecular weight excluding hydrogens is 364 g/mol. The second kappa shape index (κ2) is 8.39. The Balaban J connectivity index is 1.83. The number of nitrogens with zero attached hydrogens (tertiary/aromatic N) is 1. The third-order valence-corrected chi connectivity index (χ3v) is 6.87. The Hall–Kier alpha value is -2.01. The van der Waals surface area contributed by atoms with E-state index in [1.165, 1.54) is 16.8 Å². The molecule has 1 fully saturated rings. The fourth-order valence-electron chi connectivity index (χ4n) is 5.00. The maximum absolute atomic E-state index is 12.1. The molecule has 1 aliphatic heterocycles. The molecular formula is C24H36N2O3. The number of nitrogens with one attached hydrogen (secondary N) is 1. The van der Waals surface area contributed by atoms with Crippen LogP contribution in [0.25, 0.3) is 0 Å². The van der Waals surface area contributed by atoms with Crippen LogP contribution in [-0.2, 0) is 9.47 Å². The number of anilines is 1. The second-order valence-corrected chi connectivity index (χ2v) is 9.34. The lowest BCUT2D eigenvalue weighted by molar-refractivity contribution is -0.165. The van der Waals surface area contributed by atoms with Crippen molar-refractivity contribution in [1.82, 2.24) is 5.32 Å². The van der Waals surface area contributed by atoms with E-state index in [1.807, 2.05) is 27.9 Å². The van der Waals surface area contributed by atoms with E-state index >= 15 is 0 Å². The molecule has 0 spiro atoms. The number of benzene rings is 1. The van der Waals surface area contributed by atoms with Gasteiger partial charge < -0.3 is 19.7 Å². The number of fused-ring (bicyclic) bond motifs is 2. The number of carbonyl (C=O) groups excluding carboxylic acids is 1. The predicted molar refractivity (Wildman–Crippen MR) is 117 cm³/mol. The smallest absolute Gasteiger partial charge is 0.407 e. The molecule has 1 heterocycles. The maximum atomic E-state index is 12.1. The zero-order valence-corrected chi connectivity index (χ0v) is 18.9. The molecule has 0 aromatic heterocycles. The average molecular weight is 401 g/mol. The Morgan fingerprint density at radius 3 is 2.52 bits per heavy atom. The fraction of sp³-hybridized carbons (Fsp3) is 0.625. The van der Waals surface area contributed by atoms with Gasteiger partial charge in [0.1, 0.15) is 6.61 Å². The summed E-state index contributed by atoms with van der Waals surface area (Å²) in [7, 11) is 4.10. The van der Waals surface area contributed by atoms with Crippen LogP contribution in [0, 0.1) is 23.2 Å². The molecule has 0 radical (unpaired) electrons. The van der Waals surface area contributed by atoms with Crippen LogP contribution in [0.5, 0.6) is 0 Å². The molecule has 5 heteroatoms. The standard InChI is InChI=1S/C24H36N2O3/c1-15(2)25-23(27)29-14-24-13-28-22(19-8-10-20(11-9-19)26(6)7)21(18(24)5)16(3)12-17(24)4/h8-12,15,17-18,21-22H,13-14H2,1-7H3,(H,25,27)/t17-,18+,21+,22-,24+/m0/s1. The molecule has 29 heavy (non-hydrogen) atoms. The number of rotatable bonds is 5. The summed E-state index contributed by atoms with van der Waals surface area (Å²) in [5, 5.41) is 2.82. The first-order chi connectivity index (χ1) is 13.7. The Morgan fingerprint density at radius 2 is 1.93 bits per heavy atom.